The molecule has 0 radical (unpaired) electrons. The zero-order valence-corrected chi connectivity index (χ0v) is 18.2. The van der Waals surface area contributed by atoms with E-state index in [-0.39, 0.29) is 18.0 Å². The molecule has 1 saturated heterocycles. The number of fused-ring (bicyclic) bond motifs is 1. The first kappa shape index (κ1) is 22.1. The first-order valence-electron chi connectivity index (χ1n) is 10.4. The summed E-state index contributed by atoms with van der Waals surface area (Å²) >= 11 is 0. The number of Topliss-reactive ketones (excluding diaryl/α,β-unsaturated/α-hetero) is 1. The fourth-order valence-corrected chi connectivity index (χ4v) is 3.85. The Kier molecular flexibility index (Phi) is 6.36. The summed E-state index contributed by atoms with van der Waals surface area (Å²) in [4.78, 5) is 26.9. The minimum atomic E-state index is -0.564. The number of amides is 1. The number of ketones is 1. The lowest BCUT2D eigenvalue weighted by Crippen LogP contribution is -2.53. The van der Waals surface area contributed by atoms with Gasteiger partial charge in [-0.15, -0.1) is 0 Å². The normalized spacial score (nSPS) is 18.9. The van der Waals surface area contributed by atoms with Crippen LogP contribution in [0.4, 0.5) is 10.5 Å². The third-order valence-corrected chi connectivity index (χ3v) is 5.46. The Morgan fingerprint density at radius 3 is 2.67 bits per heavy atom. The zero-order chi connectivity index (χ0) is 21.9. The van der Waals surface area contributed by atoms with Gasteiger partial charge in [0.1, 0.15) is 17.0 Å². The van der Waals surface area contributed by atoms with E-state index in [1.165, 1.54) is 6.21 Å². The minimum Gasteiger partial charge on any atom is -0.486 e. The van der Waals surface area contributed by atoms with E-state index in [4.69, 9.17) is 14.9 Å². The van der Waals surface area contributed by atoms with E-state index in [0.717, 1.165) is 5.69 Å². The van der Waals surface area contributed by atoms with Gasteiger partial charge in [-0.1, -0.05) is 0 Å². The van der Waals surface area contributed by atoms with Crippen LogP contribution in [0.5, 0.6) is 5.75 Å². The van der Waals surface area contributed by atoms with Crippen molar-refractivity contribution in [2.24, 2.45) is 0 Å². The van der Waals surface area contributed by atoms with Gasteiger partial charge in [-0.2, -0.15) is 0 Å². The molecule has 1 fully saturated rings. The van der Waals surface area contributed by atoms with Crippen molar-refractivity contribution in [1.82, 2.24) is 10.2 Å². The summed E-state index contributed by atoms with van der Waals surface area (Å²) in [6.45, 7) is 6.56. The SMILES string of the molecule is CNC(CC=N)Nc1ccc2c(c1)C(=O)CC1(CCN(C(=O)OC(C)(C)C)CC1)O2. The van der Waals surface area contributed by atoms with Crippen molar-refractivity contribution in [2.75, 3.05) is 25.5 Å². The second-order valence-corrected chi connectivity index (χ2v) is 8.99. The van der Waals surface area contributed by atoms with Crippen molar-refractivity contribution in [3.05, 3.63) is 23.8 Å². The lowest BCUT2D eigenvalue weighted by Gasteiger charge is -2.44. The molecule has 2 heterocycles. The van der Waals surface area contributed by atoms with Crippen molar-refractivity contribution in [3.63, 3.8) is 0 Å². The van der Waals surface area contributed by atoms with Gasteiger partial charge in [0.25, 0.3) is 0 Å². The summed E-state index contributed by atoms with van der Waals surface area (Å²) in [5.74, 6) is 0.647. The van der Waals surface area contributed by atoms with Crippen molar-refractivity contribution >= 4 is 23.8 Å². The number of hydrogen-bond donors (Lipinski definition) is 3. The van der Waals surface area contributed by atoms with Crippen molar-refractivity contribution in [1.29, 1.82) is 5.41 Å². The summed E-state index contributed by atoms with van der Waals surface area (Å²) in [5, 5.41) is 13.6. The largest absolute Gasteiger partial charge is 0.486 e. The van der Waals surface area contributed by atoms with Gasteiger partial charge in [-0.3, -0.25) is 4.79 Å². The molecule has 0 bridgehead atoms. The van der Waals surface area contributed by atoms with Crippen LogP contribution < -0.4 is 15.4 Å². The maximum Gasteiger partial charge on any atom is 0.410 e. The Balaban J connectivity index is 1.67. The summed E-state index contributed by atoms with van der Waals surface area (Å²) in [6.07, 6.45) is 2.98. The Morgan fingerprint density at radius 2 is 2.07 bits per heavy atom. The molecular weight excluding hydrogens is 384 g/mol. The van der Waals surface area contributed by atoms with Crippen LogP contribution in [-0.2, 0) is 4.74 Å². The molecule has 8 nitrogen and oxygen atoms in total. The molecule has 2 aliphatic rings. The van der Waals surface area contributed by atoms with E-state index < -0.39 is 11.2 Å². The molecule has 1 unspecified atom stereocenters. The Hall–Kier alpha value is -2.61. The van der Waals surface area contributed by atoms with Gasteiger partial charge >= 0.3 is 6.09 Å². The summed E-state index contributed by atoms with van der Waals surface area (Å²) in [5.41, 5.74) is 0.289. The second-order valence-electron chi connectivity index (χ2n) is 8.99. The maximum absolute atomic E-state index is 12.9. The fraction of sp³-hybridized carbons (Fsp3) is 0.591. The summed E-state index contributed by atoms with van der Waals surface area (Å²) in [7, 11) is 1.82. The molecule has 0 aromatic heterocycles. The first-order chi connectivity index (χ1) is 14.1. The highest BCUT2D eigenvalue weighted by molar-refractivity contribution is 6.01. The van der Waals surface area contributed by atoms with Crippen molar-refractivity contribution in [3.8, 4) is 5.75 Å². The maximum atomic E-state index is 12.9. The number of anilines is 1. The lowest BCUT2D eigenvalue weighted by atomic mass is 9.82. The van der Waals surface area contributed by atoms with Gasteiger partial charge in [-0.05, 0) is 52.2 Å². The first-order valence-corrected chi connectivity index (χ1v) is 10.4. The molecular formula is C22H32N4O4. The zero-order valence-electron chi connectivity index (χ0n) is 18.2. The quantitative estimate of drug-likeness (QED) is 0.502. The van der Waals surface area contributed by atoms with Gasteiger partial charge in [0.05, 0.1) is 18.2 Å². The molecule has 1 atom stereocenters. The molecule has 0 aliphatic carbocycles. The van der Waals surface area contributed by atoms with E-state index in [1.807, 2.05) is 46.0 Å². The van der Waals surface area contributed by atoms with Gasteiger partial charge in [-0.25, -0.2) is 4.79 Å². The number of piperidine rings is 1. The molecule has 2 aliphatic heterocycles. The number of carbonyl (C=O) groups excluding carboxylic acids is 2. The average Bonchev–Trinajstić information content (AvgIpc) is 2.67. The number of nitrogens with one attached hydrogen (secondary N) is 3. The molecule has 164 valence electrons. The van der Waals surface area contributed by atoms with Gasteiger partial charge in [0, 0.05) is 38.0 Å². The van der Waals surface area contributed by atoms with E-state index >= 15 is 0 Å². The topological polar surface area (TPSA) is 104 Å². The number of hydrogen-bond acceptors (Lipinski definition) is 7. The van der Waals surface area contributed by atoms with E-state index in [0.29, 0.717) is 50.1 Å². The van der Waals surface area contributed by atoms with Crippen LogP contribution in [0.3, 0.4) is 0 Å². The molecule has 1 aromatic carbocycles. The van der Waals surface area contributed by atoms with Crippen molar-refractivity contribution in [2.45, 2.75) is 63.8 Å². The van der Waals surface area contributed by atoms with Crippen LogP contribution in [-0.4, -0.2) is 60.5 Å². The Bertz CT molecular complexity index is 810. The van der Waals surface area contributed by atoms with E-state index in [9.17, 15) is 9.59 Å². The third kappa shape index (κ3) is 5.11. The smallest absolute Gasteiger partial charge is 0.410 e. The molecule has 0 saturated carbocycles. The second kappa shape index (κ2) is 8.63. The molecule has 1 spiro atoms. The standard InChI is InChI=1S/C22H32N4O4/c1-21(2,3)30-20(28)26-11-8-22(9-12-26)14-17(27)16-13-15(5-6-18(16)29-22)25-19(24-4)7-10-23/h5-6,10,13,19,23-25H,7-9,11-12,14H2,1-4H3. The predicted octanol–water partition coefficient (Wildman–Crippen LogP) is 3.42. The summed E-state index contributed by atoms with van der Waals surface area (Å²) in [6, 6.07) is 5.53. The van der Waals surface area contributed by atoms with E-state index in [1.54, 1.807) is 4.90 Å². The van der Waals surface area contributed by atoms with Crippen LogP contribution in [0.2, 0.25) is 0 Å². The molecule has 1 amide bonds. The van der Waals surface area contributed by atoms with Gasteiger partial charge < -0.3 is 30.4 Å². The number of ether oxygens (including phenoxy) is 2. The summed E-state index contributed by atoms with van der Waals surface area (Å²) < 4.78 is 11.8. The number of rotatable bonds is 5. The molecule has 3 rings (SSSR count). The number of likely N-dealkylation sites (tertiary alicyclic amines) is 1. The molecule has 1 aromatic rings. The van der Waals surface area contributed by atoms with Crippen LogP contribution in [0.25, 0.3) is 0 Å². The fourth-order valence-electron chi connectivity index (χ4n) is 3.85. The Morgan fingerprint density at radius 1 is 1.37 bits per heavy atom. The van der Waals surface area contributed by atoms with Crippen molar-refractivity contribution < 1.29 is 19.1 Å². The van der Waals surface area contributed by atoms with Crippen LogP contribution in [0, 0.1) is 5.41 Å². The third-order valence-electron chi connectivity index (χ3n) is 5.46. The van der Waals surface area contributed by atoms with Crippen LogP contribution in [0.1, 0.15) is 56.8 Å². The highest BCUT2D eigenvalue weighted by Crippen LogP contribution is 2.40. The number of benzene rings is 1. The average molecular weight is 417 g/mol. The lowest BCUT2D eigenvalue weighted by molar-refractivity contribution is -0.0226. The highest BCUT2D eigenvalue weighted by Gasteiger charge is 2.44. The minimum absolute atomic E-state index is 0.0543. The highest BCUT2D eigenvalue weighted by atomic mass is 16.6. The molecule has 8 heteroatoms. The Labute approximate surface area is 177 Å². The number of nitrogens with zero attached hydrogens (tertiary/aromatic N) is 1. The van der Waals surface area contributed by atoms with Gasteiger partial charge in [0.15, 0.2) is 5.78 Å². The van der Waals surface area contributed by atoms with Crippen LogP contribution in [0.15, 0.2) is 18.2 Å². The predicted molar refractivity (Wildman–Crippen MR) is 116 cm³/mol. The van der Waals surface area contributed by atoms with Crippen LogP contribution >= 0.6 is 0 Å². The molecule has 30 heavy (non-hydrogen) atoms. The molecule has 3 N–H and O–H groups in total. The number of carbonyl (C=O) groups is 2. The van der Waals surface area contributed by atoms with Gasteiger partial charge in [0.2, 0.25) is 0 Å². The monoisotopic (exact) mass is 416 g/mol. The van der Waals surface area contributed by atoms with E-state index in [2.05, 4.69) is 10.6 Å².